The molecule has 1 aromatic carbocycles. The molecule has 3 aromatic rings. The van der Waals surface area contributed by atoms with E-state index in [1.165, 1.54) is 10.7 Å². The van der Waals surface area contributed by atoms with Crippen LogP contribution in [0.1, 0.15) is 35.0 Å². The molecular formula is C17H17FN6O2. The van der Waals surface area contributed by atoms with Gasteiger partial charge < -0.3 is 14.6 Å². The maximum Gasteiger partial charge on any atom is 0.289 e. The van der Waals surface area contributed by atoms with Crippen LogP contribution in [0.25, 0.3) is 5.69 Å². The summed E-state index contributed by atoms with van der Waals surface area (Å²) < 4.78 is 22.9. The van der Waals surface area contributed by atoms with Crippen LogP contribution in [0.3, 0.4) is 0 Å². The van der Waals surface area contributed by atoms with E-state index in [1.807, 2.05) is 0 Å². The van der Waals surface area contributed by atoms with Crippen LogP contribution in [0.15, 0.2) is 36.7 Å². The topological polar surface area (TPSA) is 86.9 Å². The fourth-order valence-corrected chi connectivity index (χ4v) is 2.90. The lowest BCUT2D eigenvalue weighted by atomic mass is 10.1. The number of fused-ring (bicyclic) bond motifs is 1. The summed E-state index contributed by atoms with van der Waals surface area (Å²) in [5, 5.41) is 14.8. The molecule has 26 heavy (non-hydrogen) atoms. The predicted octanol–water partition coefficient (Wildman–Crippen LogP) is 1.62. The van der Waals surface area contributed by atoms with Gasteiger partial charge >= 0.3 is 0 Å². The summed E-state index contributed by atoms with van der Waals surface area (Å²) in [5.74, 6) is 0.103. The van der Waals surface area contributed by atoms with Crippen molar-refractivity contribution in [3.05, 3.63) is 59.7 Å². The second-order valence-electron chi connectivity index (χ2n) is 6.00. The molecule has 1 N–H and O–H groups in total. The first kappa shape index (κ1) is 16.4. The van der Waals surface area contributed by atoms with Crippen molar-refractivity contribution in [1.82, 2.24) is 29.9 Å². The van der Waals surface area contributed by atoms with Crippen molar-refractivity contribution in [2.45, 2.75) is 26.1 Å². The number of carbonyl (C=O) groups is 1. The summed E-state index contributed by atoms with van der Waals surface area (Å²) >= 11 is 0. The van der Waals surface area contributed by atoms with Crippen molar-refractivity contribution < 1.29 is 13.9 Å². The monoisotopic (exact) mass is 356 g/mol. The SMILES string of the molecule is C[C@@H](NC(=O)c1nnc2n1CCOC2)c1ccc(-n2cccn2)c(F)c1. The first-order chi connectivity index (χ1) is 12.6. The highest BCUT2D eigenvalue weighted by Crippen LogP contribution is 2.20. The fraction of sp³-hybridized carbons (Fsp3) is 0.294. The molecule has 4 rings (SSSR count). The van der Waals surface area contributed by atoms with Gasteiger partial charge in [-0.15, -0.1) is 10.2 Å². The number of carbonyl (C=O) groups excluding carboxylic acids is 1. The minimum Gasteiger partial charge on any atom is -0.372 e. The second kappa shape index (κ2) is 6.68. The van der Waals surface area contributed by atoms with Gasteiger partial charge in [0.15, 0.2) is 5.82 Å². The summed E-state index contributed by atoms with van der Waals surface area (Å²) in [5.41, 5.74) is 0.997. The lowest BCUT2D eigenvalue weighted by Gasteiger charge is -2.17. The smallest absolute Gasteiger partial charge is 0.289 e. The van der Waals surface area contributed by atoms with Gasteiger partial charge in [0.05, 0.1) is 12.6 Å². The lowest BCUT2D eigenvalue weighted by Crippen LogP contribution is -2.31. The van der Waals surface area contributed by atoms with Crippen LogP contribution < -0.4 is 5.32 Å². The van der Waals surface area contributed by atoms with Crippen molar-refractivity contribution >= 4 is 5.91 Å². The zero-order valence-electron chi connectivity index (χ0n) is 14.1. The zero-order chi connectivity index (χ0) is 18.1. The number of amides is 1. The molecule has 3 heterocycles. The summed E-state index contributed by atoms with van der Waals surface area (Å²) in [6.07, 6.45) is 3.25. The molecule has 0 unspecified atom stereocenters. The highest BCUT2D eigenvalue weighted by Gasteiger charge is 2.23. The van der Waals surface area contributed by atoms with Crippen LogP contribution in [-0.4, -0.2) is 37.1 Å². The minimum atomic E-state index is -0.413. The molecule has 0 saturated carbocycles. The van der Waals surface area contributed by atoms with Gasteiger partial charge in [0.2, 0.25) is 5.82 Å². The third kappa shape index (κ3) is 2.97. The van der Waals surface area contributed by atoms with Gasteiger partial charge in [0.1, 0.15) is 18.1 Å². The molecule has 9 heteroatoms. The Bertz CT molecular complexity index is 937. The Balaban J connectivity index is 1.51. The minimum absolute atomic E-state index is 0.240. The van der Waals surface area contributed by atoms with Crippen LogP contribution in [0.2, 0.25) is 0 Å². The molecule has 1 aliphatic heterocycles. The van der Waals surface area contributed by atoms with Crippen LogP contribution in [0.4, 0.5) is 4.39 Å². The van der Waals surface area contributed by atoms with E-state index >= 15 is 0 Å². The number of nitrogens with one attached hydrogen (secondary N) is 1. The van der Waals surface area contributed by atoms with E-state index in [1.54, 1.807) is 42.1 Å². The Hall–Kier alpha value is -3.07. The van der Waals surface area contributed by atoms with Crippen molar-refractivity contribution in [1.29, 1.82) is 0 Å². The highest BCUT2D eigenvalue weighted by atomic mass is 19.1. The second-order valence-corrected chi connectivity index (χ2v) is 6.00. The molecule has 0 spiro atoms. The van der Waals surface area contributed by atoms with Gasteiger partial charge in [-0.25, -0.2) is 9.07 Å². The molecule has 0 radical (unpaired) electrons. The molecule has 1 atom stereocenters. The first-order valence-corrected chi connectivity index (χ1v) is 8.23. The average molecular weight is 356 g/mol. The van der Waals surface area contributed by atoms with E-state index in [9.17, 15) is 9.18 Å². The van der Waals surface area contributed by atoms with E-state index in [2.05, 4.69) is 20.6 Å². The number of aromatic nitrogens is 5. The van der Waals surface area contributed by atoms with Crippen LogP contribution in [0.5, 0.6) is 0 Å². The van der Waals surface area contributed by atoms with Crippen LogP contribution in [0, 0.1) is 5.82 Å². The van der Waals surface area contributed by atoms with Crippen molar-refractivity contribution in [3.8, 4) is 5.69 Å². The van der Waals surface area contributed by atoms with Gasteiger partial charge in [-0.3, -0.25) is 4.79 Å². The lowest BCUT2D eigenvalue weighted by molar-refractivity contribution is 0.0776. The van der Waals surface area contributed by atoms with Crippen molar-refractivity contribution in [2.75, 3.05) is 6.61 Å². The van der Waals surface area contributed by atoms with Gasteiger partial charge in [-0.1, -0.05) is 6.07 Å². The Morgan fingerprint density at radius 1 is 1.38 bits per heavy atom. The molecule has 2 aromatic heterocycles. The molecular weight excluding hydrogens is 339 g/mol. The summed E-state index contributed by atoms with van der Waals surface area (Å²) in [7, 11) is 0. The van der Waals surface area contributed by atoms with Gasteiger partial charge in [-0.05, 0) is 30.7 Å². The third-order valence-corrected chi connectivity index (χ3v) is 4.29. The average Bonchev–Trinajstić information content (AvgIpc) is 3.31. The molecule has 0 fully saturated rings. The van der Waals surface area contributed by atoms with Crippen molar-refractivity contribution in [3.63, 3.8) is 0 Å². The normalized spacial score (nSPS) is 14.7. The van der Waals surface area contributed by atoms with E-state index in [0.717, 1.165) is 0 Å². The van der Waals surface area contributed by atoms with Gasteiger partial charge in [-0.2, -0.15) is 5.10 Å². The van der Waals surface area contributed by atoms with Crippen LogP contribution >= 0.6 is 0 Å². The molecule has 134 valence electrons. The number of nitrogens with zero attached hydrogens (tertiary/aromatic N) is 5. The maximum absolute atomic E-state index is 14.4. The summed E-state index contributed by atoms with van der Waals surface area (Å²) in [4.78, 5) is 12.5. The van der Waals surface area contributed by atoms with Crippen molar-refractivity contribution in [2.24, 2.45) is 0 Å². The Labute approximate surface area is 148 Å². The van der Waals surface area contributed by atoms with E-state index in [4.69, 9.17) is 4.74 Å². The number of hydrogen-bond acceptors (Lipinski definition) is 5. The number of ether oxygens (including phenoxy) is 1. The molecule has 0 aliphatic carbocycles. The largest absolute Gasteiger partial charge is 0.372 e. The number of hydrogen-bond donors (Lipinski definition) is 1. The number of rotatable bonds is 4. The van der Waals surface area contributed by atoms with Gasteiger partial charge in [0, 0.05) is 18.9 Å². The number of benzene rings is 1. The quantitative estimate of drug-likeness (QED) is 0.768. The number of halogens is 1. The van der Waals surface area contributed by atoms with E-state index in [0.29, 0.717) is 36.8 Å². The van der Waals surface area contributed by atoms with Crippen LogP contribution in [-0.2, 0) is 17.9 Å². The standard InChI is InChI=1S/C17H17FN6O2/c1-11(12-3-4-14(13(18)9-12)24-6-2-5-19-24)20-17(25)16-22-21-15-10-26-8-7-23(15)16/h2-6,9,11H,7-8,10H2,1H3,(H,20,25)/t11-/m1/s1. The maximum atomic E-state index is 14.4. The molecule has 1 aliphatic rings. The molecule has 1 amide bonds. The molecule has 0 bridgehead atoms. The van der Waals surface area contributed by atoms with E-state index < -0.39 is 11.9 Å². The Morgan fingerprint density at radius 2 is 2.27 bits per heavy atom. The fourth-order valence-electron chi connectivity index (χ4n) is 2.90. The molecule has 0 saturated heterocycles. The van der Waals surface area contributed by atoms with E-state index in [-0.39, 0.29) is 11.7 Å². The Kier molecular flexibility index (Phi) is 4.21. The first-order valence-electron chi connectivity index (χ1n) is 8.23. The summed E-state index contributed by atoms with van der Waals surface area (Å²) in [6, 6.07) is 6.13. The zero-order valence-corrected chi connectivity index (χ0v) is 14.1. The Morgan fingerprint density at radius 3 is 3.04 bits per heavy atom. The molecule has 8 nitrogen and oxygen atoms in total. The summed E-state index contributed by atoms with van der Waals surface area (Å²) in [6.45, 7) is 3.18. The third-order valence-electron chi connectivity index (χ3n) is 4.29. The van der Waals surface area contributed by atoms with Gasteiger partial charge in [0.25, 0.3) is 5.91 Å². The highest BCUT2D eigenvalue weighted by molar-refractivity contribution is 5.91. The predicted molar refractivity (Wildman–Crippen MR) is 89.1 cm³/mol.